The maximum Gasteiger partial charge on any atom is 0.322 e. The van der Waals surface area contributed by atoms with Crippen LogP contribution in [0, 0.1) is 6.92 Å². The monoisotopic (exact) mass is 435 g/mol. The number of amides is 3. The van der Waals surface area contributed by atoms with Crippen molar-refractivity contribution in [3.63, 3.8) is 0 Å². The second-order valence-corrected chi connectivity index (χ2v) is 8.57. The summed E-state index contributed by atoms with van der Waals surface area (Å²) in [6, 6.07) is 15.1. The van der Waals surface area contributed by atoms with Crippen LogP contribution in [0.5, 0.6) is 0 Å². The highest BCUT2D eigenvalue weighted by molar-refractivity contribution is 7.13. The molecule has 1 saturated heterocycles. The molecule has 0 aliphatic carbocycles. The predicted molar refractivity (Wildman–Crippen MR) is 123 cm³/mol. The fourth-order valence-electron chi connectivity index (χ4n) is 3.69. The van der Waals surface area contributed by atoms with Crippen molar-refractivity contribution >= 4 is 34.6 Å². The van der Waals surface area contributed by atoms with Crippen LogP contribution in [-0.2, 0) is 6.42 Å². The standard InChI is InChI=1S/C23H25N5O2S/c1-3-16-7-4-5-8-18(16)25-23(30)28-14-6-9-19(28)21-26-27-22(31-21)20(29)24-17-12-10-15(2)11-13-17/h4-5,7-8,10-13,19H,3,6,9,14H2,1-2H3,(H,24,29)(H,25,30)/t19-/m0/s1. The number of rotatable bonds is 5. The zero-order chi connectivity index (χ0) is 21.8. The first-order valence-corrected chi connectivity index (χ1v) is 11.2. The van der Waals surface area contributed by atoms with Gasteiger partial charge in [-0.3, -0.25) is 4.79 Å². The number of nitrogens with zero attached hydrogens (tertiary/aromatic N) is 3. The van der Waals surface area contributed by atoms with Gasteiger partial charge >= 0.3 is 6.03 Å². The van der Waals surface area contributed by atoms with E-state index in [9.17, 15) is 9.59 Å². The fraction of sp³-hybridized carbons (Fsp3) is 0.304. The lowest BCUT2D eigenvalue weighted by atomic mass is 10.1. The van der Waals surface area contributed by atoms with Crippen LogP contribution in [0.3, 0.4) is 0 Å². The lowest BCUT2D eigenvalue weighted by Gasteiger charge is -2.23. The molecule has 2 heterocycles. The number of anilines is 2. The first kappa shape index (κ1) is 21.0. The Bertz CT molecular complexity index is 1080. The van der Waals surface area contributed by atoms with Gasteiger partial charge in [-0.05, 0) is 49.9 Å². The molecule has 7 nitrogen and oxygen atoms in total. The van der Waals surface area contributed by atoms with Crippen molar-refractivity contribution in [1.82, 2.24) is 15.1 Å². The zero-order valence-corrected chi connectivity index (χ0v) is 18.4. The van der Waals surface area contributed by atoms with Gasteiger partial charge in [-0.1, -0.05) is 54.2 Å². The van der Waals surface area contributed by atoms with Crippen molar-refractivity contribution in [3.8, 4) is 0 Å². The van der Waals surface area contributed by atoms with Crippen LogP contribution in [0.2, 0.25) is 0 Å². The summed E-state index contributed by atoms with van der Waals surface area (Å²) < 4.78 is 0. The molecule has 0 bridgehead atoms. The number of hydrogen-bond donors (Lipinski definition) is 2. The molecular formula is C23H25N5O2S. The Morgan fingerprint density at radius 2 is 1.87 bits per heavy atom. The number of para-hydroxylation sites is 1. The van der Waals surface area contributed by atoms with Crippen LogP contribution >= 0.6 is 11.3 Å². The Labute approximate surface area is 185 Å². The largest absolute Gasteiger partial charge is 0.322 e. The van der Waals surface area contributed by atoms with Gasteiger partial charge in [-0.15, -0.1) is 10.2 Å². The van der Waals surface area contributed by atoms with E-state index in [-0.39, 0.29) is 18.0 Å². The second kappa shape index (κ2) is 9.26. The molecule has 31 heavy (non-hydrogen) atoms. The third-order valence-corrected chi connectivity index (χ3v) is 6.41. The molecule has 2 N–H and O–H groups in total. The van der Waals surface area contributed by atoms with Gasteiger partial charge in [0.2, 0.25) is 5.01 Å². The maximum atomic E-state index is 13.0. The van der Waals surface area contributed by atoms with Crippen molar-refractivity contribution in [2.45, 2.75) is 39.2 Å². The summed E-state index contributed by atoms with van der Waals surface area (Å²) >= 11 is 1.24. The Morgan fingerprint density at radius 1 is 1.10 bits per heavy atom. The van der Waals surface area contributed by atoms with Gasteiger partial charge in [0.1, 0.15) is 5.01 Å². The molecule has 0 saturated carbocycles. The van der Waals surface area contributed by atoms with Gasteiger partial charge in [-0.25, -0.2) is 4.79 Å². The third kappa shape index (κ3) is 4.74. The molecule has 1 aliphatic heterocycles. The molecule has 4 rings (SSSR count). The number of hydrogen-bond acceptors (Lipinski definition) is 5. The maximum absolute atomic E-state index is 13.0. The number of carbonyl (C=O) groups is 2. The summed E-state index contributed by atoms with van der Waals surface area (Å²) in [6.45, 7) is 4.70. The molecule has 0 unspecified atom stereocenters. The summed E-state index contributed by atoms with van der Waals surface area (Å²) in [6.07, 6.45) is 2.53. The van der Waals surface area contributed by atoms with Crippen molar-refractivity contribution < 1.29 is 9.59 Å². The van der Waals surface area contributed by atoms with Crippen LogP contribution < -0.4 is 10.6 Å². The van der Waals surface area contributed by atoms with Gasteiger partial charge in [-0.2, -0.15) is 0 Å². The molecule has 1 aliphatic rings. The van der Waals surface area contributed by atoms with E-state index in [1.54, 1.807) is 4.90 Å². The SMILES string of the molecule is CCc1ccccc1NC(=O)N1CCC[C@H]1c1nnc(C(=O)Nc2ccc(C)cc2)s1. The van der Waals surface area contributed by atoms with Crippen LogP contribution in [0.25, 0.3) is 0 Å². The quantitative estimate of drug-likeness (QED) is 0.588. The molecule has 8 heteroatoms. The zero-order valence-electron chi connectivity index (χ0n) is 17.6. The van der Waals surface area contributed by atoms with E-state index in [2.05, 4.69) is 27.8 Å². The number of nitrogens with one attached hydrogen (secondary N) is 2. The van der Waals surface area contributed by atoms with Crippen molar-refractivity contribution in [1.29, 1.82) is 0 Å². The first-order valence-electron chi connectivity index (χ1n) is 10.4. The lowest BCUT2D eigenvalue weighted by Crippen LogP contribution is -2.34. The predicted octanol–water partition coefficient (Wildman–Crippen LogP) is 5.03. The van der Waals surface area contributed by atoms with E-state index < -0.39 is 0 Å². The Kier molecular flexibility index (Phi) is 6.27. The van der Waals surface area contributed by atoms with Crippen LogP contribution in [0.15, 0.2) is 48.5 Å². The van der Waals surface area contributed by atoms with E-state index in [0.717, 1.165) is 36.1 Å². The molecule has 3 aromatic rings. The summed E-state index contributed by atoms with van der Waals surface area (Å²) in [5.74, 6) is -0.293. The number of carbonyl (C=O) groups excluding carboxylic acids is 2. The van der Waals surface area contributed by atoms with Crippen LogP contribution in [0.4, 0.5) is 16.2 Å². The highest BCUT2D eigenvalue weighted by Crippen LogP contribution is 2.34. The molecule has 1 atom stereocenters. The fourth-order valence-corrected chi connectivity index (χ4v) is 4.57. The average Bonchev–Trinajstić information content (AvgIpc) is 3.45. The number of benzene rings is 2. The summed E-state index contributed by atoms with van der Waals surface area (Å²) in [5, 5.41) is 15.2. The third-order valence-electron chi connectivity index (χ3n) is 5.38. The normalized spacial score (nSPS) is 15.7. The first-order chi connectivity index (χ1) is 15.0. The molecule has 160 valence electrons. The number of urea groups is 1. The second-order valence-electron chi connectivity index (χ2n) is 7.56. The summed E-state index contributed by atoms with van der Waals surface area (Å²) in [7, 11) is 0. The molecular weight excluding hydrogens is 410 g/mol. The smallest absolute Gasteiger partial charge is 0.320 e. The average molecular weight is 436 g/mol. The number of likely N-dealkylation sites (tertiary alicyclic amines) is 1. The van der Waals surface area contributed by atoms with E-state index in [1.807, 2.05) is 55.5 Å². The minimum absolute atomic E-state index is 0.149. The van der Waals surface area contributed by atoms with Crippen molar-refractivity contribution in [3.05, 3.63) is 69.7 Å². The molecule has 0 radical (unpaired) electrons. The van der Waals surface area contributed by atoms with Crippen LogP contribution in [-0.4, -0.2) is 33.6 Å². The summed E-state index contributed by atoms with van der Waals surface area (Å²) in [4.78, 5) is 27.3. The Balaban J connectivity index is 1.45. The van der Waals surface area contributed by atoms with Crippen LogP contribution in [0.1, 0.15) is 51.7 Å². The highest BCUT2D eigenvalue weighted by atomic mass is 32.1. The van der Waals surface area contributed by atoms with Crippen molar-refractivity contribution in [2.75, 3.05) is 17.2 Å². The Hall–Kier alpha value is -3.26. The molecule has 2 aromatic carbocycles. The highest BCUT2D eigenvalue weighted by Gasteiger charge is 2.33. The molecule has 3 amide bonds. The van der Waals surface area contributed by atoms with Gasteiger partial charge in [0, 0.05) is 17.9 Å². The van der Waals surface area contributed by atoms with Gasteiger partial charge in [0.25, 0.3) is 5.91 Å². The van der Waals surface area contributed by atoms with Gasteiger partial charge < -0.3 is 15.5 Å². The van der Waals surface area contributed by atoms with E-state index in [0.29, 0.717) is 22.2 Å². The van der Waals surface area contributed by atoms with Gasteiger partial charge in [0.15, 0.2) is 0 Å². The van der Waals surface area contributed by atoms with E-state index >= 15 is 0 Å². The van der Waals surface area contributed by atoms with Gasteiger partial charge in [0.05, 0.1) is 6.04 Å². The topological polar surface area (TPSA) is 87.2 Å². The molecule has 1 aromatic heterocycles. The lowest BCUT2D eigenvalue weighted by molar-refractivity contribution is 0.102. The Morgan fingerprint density at radius 3 is 2.65 bits per heavy atom. The van der Waals surface area contributed by atoms with Crippen molar-refractivity contribution in [2.24, 2.45) is 0 Å². The summed E-state index contributed by atoms with van der Waals surface area (Å²) in [5.41, 5.74) is 3.76. The number of aryl methyl sites for hydroxylation is 2. The molecule has 0 spiro atoms. The van der Waals surface area contributed by atoms with E-state index in [4.69, 9.17) is 0 Å². The minimum atomic E-state index is -0.293. The molecule has 1 fully saturated rings. The minimum Gasteiger partial charge on any atom is -0.320 e. The van der Waals surface area contributed by atoms with E-state index in [1.165, 1.54) is 11.3 Å². The number of aromatic nitrogens is 2.